The molecule has 2 aromatic rings. The van der Waals surface area contributed by atoms with Crippen molar-refractivity contribution in [2.24, 2.45) is 5.41 Å². The average molecular weight is 484 g/mol. The molecular weight excluding hydrogens is 454 g/mol. The van der Waals surface area contributed by atoms with Crippen LogP contribution in [0.1, 0.15) is 61.0 Å². The highest BCUT2D eigenvalue weighted by atomic mass is 32.2. The summed E-state index contributed by atoms with van der Waals surface area (Å²) in [6.45, 7) is 12.2. The van der Waals surface area contributed by atoms with Gasteiger partial charge in [-0.1, -0.05) is 26.5 Å². The summed E-state index contributed by atoms with van der Waals surface area (Å²) in [6.07, 6.45) is 6.23. The summed E-state index contributed by atoms with van der Waals surface area (Å²) in [7, 11) is -0.302. The van der Waals surface area contributed by atoms with Gasteiger partial charge in [-0.15, -0.1) is 0 Å². The van der Waals surface area contributed by atoms with Crippen LogP contribution < -0.4 is 5.32 Å². The van der Waals surface area contributed by atoms with Gasteiger partial charge in [0.2, 0.25) is 5.82 Å². The Morgan fingerprint density at radius 2 is 1.97 bits per heavy atom. The fourth-order valence-electron chi connectivity index (χ4n) is 4.30. The lowest BCUT2D eigenvalue weighted by molar-refractivity contribution is 0.101. The second-order valence-corrected chi connectivity index (χ2v) is 11.8. The van der Waals surface area contributed by atoms with E-state index in [9.17, 15) is 13.2 Å². The lowest BCUT2D eigenvalue weighted by atomic mass is 9.77. The Bertz CT molecular complexity index is 1270. The molecular formula is C23H29N7O3S. The summed E-state index contributed by atoms with van der Waals surface area (Å²) in [4.78, 5) is 27.7. The van der Waals surface area contributed by atoms with E-state index in [-0.39, 0.29) is 23.0 Å². The number of anilines is 1. The van der Waals surface area contributed by atoms with Crippen LogP contribution in [0.2, 0.25) is 0 Å². The normalized spacial score (nSPS) is 21.0. The second-order valence-electron chi connectivity index (χ2n) is 9.68. The van der Waals surface area contributed by atoms with E-state index in [1.807, 2.05) is 12.1 Å². The Hall–Kier alpha value is -3.07. The monoisotopic (exact) mass is 483 g/mol. The molecule has 2 N–H and O–H groups in total. The predicted octanol–water partition coefficient (Wildman–Crippen LogP) is 3.41. The molecule has 10 nitrogen and oxygen atoms in total. The third kappa shape index (κ3) is 4.75. The largest absolute Gasteiger partial charge is 0.363 e. The highest BCUT2D eigenvalue weighted by Gasteiger charge is 2.35. The van der Waals surface area contributed by atoms with E-state index in [2.05, 4.69) is 40.1 Å². The number of allylic oxidation sites excluding steroid dienone is 2. The molecule has 1 aliphatic heterocycles. The summed E-state index contributed by atoms with van der Waals surface area (Å²) in [6, 6.07) is 3.65. The van der Waals surface area contributed by atoms with E-state index < -0.39 is 16.1 Å². The van der Waals surface area contributed by atoms with Gasteiger partial charge >= 0.3 is 5.91 Å². The predicted molar refractivity (Wildman–Crippen MR) is 130 cm³/mol. The molecule has 1 aliphatic carbocycles. The lowest BCUT2D eigenvalue weighted by Crippen LogP contribution is -2.49. The molecule has 0 atom stereocenters. The summed E-state index contributed by atoms with van der Waals surface area (Å²) < 4.78 is 27.4. The number of aromatic nitrogens is 3. The number of imidazole rings is 1. The van der Waals surface area contributed by atoms with Gasteiger partial charge in [0.25, 0.3) is 16.0 Å². The van der Waals surface area contributed by atoms with Crippen LogP contribution in [0.15, 0.2) is 24.4 Å². The highest BCUT2D eigenvalue weighted by molar-refractivity contribution is 7.86. The molecule has 3 heterocycles. The number of amides is 1. The molecule has 0 aromatic carbocycles. The zero-order valence-electron chi connectivity index (χ0n) is 19.8. The number of nitrogens with zero attached hydrogens (tertiary/aromatic N) is 5. The number of pyridine rings is 1. The van der Waals surface area contributed by atoms with Crippen molar-refractivity contribution in [2.75, 3.05) is 32.5 Å². The van der Waals surface area contributed by atoms with E-state index in [4.69, 9.17) is 11.6 Å². The molecule has 0 radical (unpaired) electrons. The van der Waals surface area contributed by atoms with E-state index in [1.165, 1.54) is 14.8 Å². The van der Waals surface area contributed by atoms with Gasteiger partial charge in [0.15, 0.2) is 0 Å². The van der Waals surface area contributed by atoms with Crippen molar-refractivity contribution in [1.29, 1.82) is 0 Å². The van der Waals surface area contributed by atoms with Gasteiger partial charge < -0.3 is 10.2 Å². The Kier molecular flexibility index (Phi) is 6.33. The molecule has 180 valence electrons. The van der Waals surface area contributed by atoms with Gasteiger partial charge in [-0.2, -0.15) is 17.0 Å². The number of carbonyl (C=O) groups excluding carboxylic acids is 1. The first kappa shape index (κ1) is 24.1. The van der Waals surface area contributed by atoms with Crippen molar-refractivity contribution in [2.45, 2.75) is 39.0 Å². The molecule has 2 aromatic heterocycles. The van der Waals surface area contributed by atoms with Gasteiger partial charge in [-0.25, -0.2) is 4.98 Å². The molecule has 0 unspecified atom stereocenters. The molecule has 11 heteroatoms. The first-order valence-corrected chi connectivity index (χ1v) is 12.5. The third-order valence-corrected chi connectivity index (χ3v) is 8.37. The Morgan fingerprint density at radius 1 is 1.26 bits per heavy atom. The van der Waals surface area contributed by atoms with Crippen molar-refractivity contribution in [3.8, 4) is 0 Å². The van der Waals surface area contributed by atoms with Crippen LogP contribution in [0.25, 0.3) is 10.4 Å². The van der Waals surface area contributed by atoms with Crippen LogP contribution >= 0.6 is 0 Å². The van der Waals surface area contributed by atoms with Crippen molar-refractivity contribution in [3.63, 3.8) is 0 Å². The SMILES string of the molecule is [C-]#[N+]c1cnc(C(=O)Nc2ccc(C3CN(C)S(=O)(=O)N(C)C3)nc2C2=CCC(C)(C)CC2)[nH]1. The number of nitrogens with one attached hydrogen (secondary N) is 2. The minimum Gasteiger partial charge on any atom is -0.363 e. The molecule has 0 spiro atoms. The van der Waals surface area contributed by atoms with E-state index >= 15 is 0 Å². The molecule has 4 rings (SSSR count). The maximum atomic E-state index is 12.8. The highest BCUT2D eigenvalue weighted by Crippen LogP contribution is 2.40. The fraction of sp³-hybridized carbons (Fsp3) is 0.478. The van der Waals surface area contributed by atoms with Crippen LogP contribution in [0.5, 0.6) is 0 Å². The molecule has 34 heavy (non-hydrogen) atoms. The first-order valence-electron chi connectivity index (χ1n) is 11.1. The minimum absolute atomic E-state index is 0.0560. The van der Waals surface area contributed by atoms with Gasteiger partial charge in [0.1, 0.15) is 0 Å². The number of hydrogen-bond acceptors (Lipinski definition) is 5. The van der Waals surface area contributed by atoms with Crippen molar-refractivity contribution in [1.82, 2.24) is 23.6 Å². The molecule has 1 amide bonds. The van der Waals surface area contributed by atoms with E-state index in [1.54, 1.807) is 14.1 Å². The zero-order valence-corrected chi connectivity index (χ0v) is 20.6. The average Bonchev–Trinajstić information content (AvgIpc) is 3.27. The molecule has 0 saturated carbocycles. The smallest absolute Gasteiger partial charge is 0.314 e. The molecule has 1 saturated heterocycles. The molecule has 0 bridgehead atoms. The van der Waals surface area contributed by atoms with E-state index in [0.29, 0.717) is 24.5 Å². The van der Waals surface area contributed by atoms with Gasteiger partial charge in [0, 0.05) is 38.8 Å². The summed E-state index contributed by atoms with van der Waals surface area (Å²) >= 11 is 0. The van der Waals surface area contributed by atoms with Crippen LogP contribution in [0.3, 0.4) is 0 Å². The number of H-pyrrole nitrogens is 1. The number of likely N-dealkylation sites (N-methyl/N-ethyl adjacent to an activating group) is 2. The Labute approximate surface area is 200 Å². The third-order valence-electron chi connectivity index (χ3n) is 6.50. The van der Waals surface area contributed by atoms with Crippen LogP contribution in [0, 0.1) is 12.0 Å². The molecule has 2 aliphatic rings. The summed E-state index contributed by atoms with van der Waals surface area (Å²) in [5.74, 6) is -0.309. The lowest BCUT2D eigenvalue weighted by Gasteiger charge is -2.35. The van der Waals surface area contributed by atoms with Crippen LogP contribution in [0.4, 0.5) is 11.5 Å². The van der Waals surface area contributed by atoms with Crippen LogP contribution in [-0.4, -0.2) is 65.1 Å². The van der Waals surface area contributed by atoms with E-state index in [0.717, 1.165) is 30.5 Å². The van der Waals surface area contributed by atoms with Gasteiger partial charge in [0.05, 0.1) is 17.6 Å². The zero-order chi connectivity index (χ0) is 24.7. The Balaban J connectivity index is 1.68. The van der Waals surface area contributed by atoms with Gasteiger partial charge in [-0.3, -0.25) is 14.8 Å². The summed E-state index contributed by atoms with van der Waals surface area (Å²) in [5.41, 5.74) is 3.30. The van der Waals surface area contributed by atoms with Crippen molar-refractivity contribution < 1.29 is 13.2 Å². The fourth-order valence-corrected chi connectivity index (χ4v) is 5.51. The maximum absolute atomic E-state index is 12.8. The number of hydrogen-bond donors (Lipinski definition) is 2. The summed E-state index contributed by atoms with van der Waals surface area (Å²) in [5, 5.41) is 2.89. The van der Waals surface area contributed by atoms with Crippen LogP contribution in [-0.2, 0) is 10.2 Å². The number of rotatable bonds is 4. The maximum Gasteiger partial charge on any atom is 0.314 e. The standard InChI is InChI=1S/C23H29N7O3S/c1-23(2)10-8-15(9-11-23)20-18(27-22(31)21-25-12-19(24-3)28-21)7-6-17(26-20)16-13-29(4)34(32,33)30(5)14-16/h6-8,12,16H,9-11,13-14H2,1-2,4-5H3,(H,25,28)(H,27,31). The second kappa shape index (κ2) is 8.94. The quantitative estimate of drug-likeness (QED) is 0.647. The number of aromatic amines is 1. The Morgan fingerprint density at radius 3 is 2.56 bits per heavy atom. The topological polar surface area (TPSA) is 116 Å². The van der Waals surface area contributed by atoms with Crippen molar-refractivity contribution in [3.05, 3.63) is 53.0 Å². The van der Waals surface area contributed by atoms with Crippen molar-refractivity contribution >= 4 is 33.2 Å². The number of carbonyl (C=O) groups is 1. The van der Waals surface area contributed by atoms with Gasteiger partial charge in [-0.05, 0) is 42.4 Å². The minimum atomic E-state index is -3.44. The first-order chi connectivity index (χ1) is 16.0. The molecule has 1 fully saturated rings.